The Hall–Kier alpha value is -3.20. The number of carbonyl (C=O) groups is 1. The molecule has 0 aliphatic carbocycles. The number of aryl methyl sites for hydroxylation is 1. The van der Waals surface area contributed by atoms with E-state index in [2.05, 4.69) is 111 Å². The number of imidazole rings is 1. The van der Waals surface area contributed by atoms with Gasteiger partial charge in [-0.25, -0.2) is 4.98 Å². The molecule has 9 nitrogen and oxygen atoms in total. The average Bonchev–Trinajstić information content (AvgIpc) is 3.26. The van der Waals surface area contributed by atoms with E-state index in [1.54, 1.807) is 7.05 Å². The van der Waals surface area contributed by atoms with E-state index in [0.717, 1.165) is 22.6 Å². The summed E-state index contributed by atoms with van der Waals surface area (Å²) in [5.41, 5.74) is 4.63. The number of carbonyl (C=O) groups excluding carboxylic acids is 1. The molecule has 3 N–H and O–H groups in total. The fourth-order valence-electron chi connectivity index (χ4n) is 4.17. The first-order chi connectivity index (χ1) is 17.3. The summed E-state index contributed by atoms with van der Waals surface area (Å²) in [5.74, 6) is 1.29. The summed E-state index contributed by atoms with van der Waals surface area (Å²) in [5, 5.41) is 9.63. The lowest BCUT2D eigenvalue weighted by Gasteiger charge is -2.33. The molecule has 2 heterocycles. The van der Waals surface area contributed by atoms with Crippen molar-refractivity contribution in [2.24, 2.45) is 0 Å². The van der Waals surface area contributed by atoms with Crippen molar-refractivity contribution >= 4 is 34.5 Å². The third-order valence-corrected chi connectivity index (χ3v) is 6.59. The lowest BCUT2D eigenvalue weighted by Crippen LogP contribution is -2.52. The Kier molecular flexibility index (Phi) is 8.47. The van der Waals surface area contributed by atoms with Gasteiger partial charge in [-0.3, -0.25) is 4.79 Å². The third kappa shape index (κ3) is 6.77. The van der Waals surface area contributed by atoms with Crippen LogP contribution in [0, 0.1) is 6.92 Å². The molecule has 2 aromatic heterocycles. The van der Waals surface area contributed by atoms with Gasteiger partial charge in [0, 0.05) is 37.4 Å². The van der Waals surface area contributed by atoms with Gasteiger partial charge >= 0.3 is 0 Å². The van der Waals surface area contributed by atoms with Crippen LogP contribution in [0.4, 0.5) is 17.5 Å². The van der Waals surface area contributed by atoms with Crippen molar-refractivity contribution in [2.75, 3.05) is 36.9 Å². The molecular formula is C28H44N8O. The number of anilines is 3. The molecule has 37 heavy (non-hydrogen) atoms. The summed E-state index contributed by atoms with van der Waals surface area (Å²) < 4.78 is 2.11. The van der Waals surface area contributed by atoms with Gasteiger partial charge in [-0.2, -0.15) is 9.97 Å². The highest BCUT2D eigenvalue weighted by Crippen LogP contribution is 2.32. The maximum absolute atomic E-state index is 11.8. The van der Waals surface area contributed by atoms with Gasteiger partial charge < -0.3 is 25.4 Å². The summed E-state index contributed by atoms with van der Waals surface area (Å²) in [6.45, 7) is 20.8. The average molecular weight is 509 g/mol. The summed E-state index contributed by atoms with van der Waals surface area (Å²) in [7, 11) is 1.64. The Bertz CT molecular complexity index is 1240. The number of rotatable bonds is 10. The largest absolute Gasteiger partial charge is 0.358 e. The lowest BCUT2D eigenvalue weighted by molar-refractivity contribution is -0.120. The van der Waals surface area contributed by atoms with Crippen molar-refractivity contribution in [3.63, 3.8) is 0 Å². The number of benzene rings is 1. The van der Waals surface area contributed by atoms with Crippen LogP contribution in [0.5, 0.6) is 0 Å². The summed E-state index contributed by atoms with van der Waals surface area (Å²) in [4.78, 5) is 28.5. The fourth-order valence-corrected chi connectivity index (χ4v) is 4.17. The second-order valence-electron chi connectivity index (χ2n) is 11.6. The molecule has 202 valence electrons. The van der Waals surface area contributed by atoms with Crippen LogP contribution in [0.1, 0.15) is 72.6 Å². The van der Waals surface area contributed by atoms with Crippen LogP contribution in [0.3, 0.4) is 0 Å². The van der Waals surface area contributed by atoms with Crippen molar-refractivity contribution in [1.82, 2.24) is 30.2 Å². The minimum Gasteiger partial charge on any atom is -0.358 e. The van der Waals surface area contributed by atoms with Gasteiger partial charge in [0.1, 0.15) is 5.52 Å². The second kappa shape index (κ2) is 11.0. The molecule has 0 radical (unpaired) electrons. The van der Waals surface area contributed by atoms with Crippen molar-refractivity contribution in [3.8, 4) is 0 Å². The molecule has 9 heteroatoms. The maximum atomic E-state index is 11.8. The molecule has 1 amide bonds. The lowest BCUT2D eigenvalue weighted by atomic mass is 9.86. The van der Waals surface area contributed by atoms with E-state index in [4.69, 9.17) is 9.97 Å². The predicted octanol–water partition coefficient (Wildman–Crippen LogP) is 4.70. The summed E-state index contributed by atoms with van der Waals surface area (Å²) >= 11 is 0. The van der Waals surface area contributed by atoms with Gasteiger partial charge in [-0.1, -0.05) is 32.9 Å². The highest BCUT2D eigenvalue weighted by molar-refractivity contribution is 5.87. The van der Waals surface area contributed by atoms with E-state index < -0.39 is 0 Å². The third-order valence-electron chi connectivity index (χ3n) is 6.59. The molecule has 0 spiro atoms. The molecule has 3 aromatic rings. The van der Waals surface area contributed by atoms with Gasteiger partial charge in [0.25, 0.3) is 0 Å². The number of amides is 1. The Labute approximate surface area is 221 Å². The molecule has 0 fully saturated rings. The van der Waals surface area contributed by atoms with E-state index >= 15 is 0 Å². The molecular weight excluding hydrogens is 464 g/mol. The first kappa shape index (κ1) is 28.4. The van der Waals surface area contributed by atoms with E-state index in [-0.39, 0.29) is 29.4 Å². The molecule has 0 atom stereocenters. The molecule has 1 aromatic carbocycles. The molecule has 0 unspecified atom stereocenters. The monoisotopic (exact) mass is 508 g/mol. The predicted molar refractivity (Wildman–Crippen MR) is 153 cm³/mol. The van der Waals surface area contributed by atoms with Crippen LogP contribution < -0.4 is 20.9 Å². The van der Waals surface area contributed by atoms with E-state index in [0.29, 0.717) is 24.7 Å². The fraction of sp³-hybridized carbons (Fsp3) is 0.571. The SMILES string of the molecule is CCN(CC(C)(C)NCC(=O)NC)c1nc(Nc2cc(C(C)(C)C)ccc2C)c2c(ncn2C(C)C)n1. The first-order valence-corrected chi connectivity index (χ1v) is 13.1. The van der Waals surface area contributed by atoms with Gasteiger partial charge in [0.05, 0.1) is 12.9 Å². The highest BCUT2D eigenvalue weighted by atomic mass is 16.1. The quantitative estimate of drug-likeness (QED) is 0.365. The van der Waals surface area contributed by atoms with E-state index in [9.17, 15) is 4.79 Å². The topological polar surface area (TPSA) is 100 Å². The molecule has 0 saturated carbocycles. The number of nitrogens with zero attached hydrogens (tertiary/aromatic N) is 5. The zero-order valence-corrected chi connectivity index (χ0v) is 24.2. The van der Waals surface area contributed by atoms with Crippen LogP contribution >= 0.6 is 0 Å². The smallest absolute Gasteiger partial charge is 0.233 e. The number of hydrogen-bond acceptors (Lipinski definition) is 7. The van der Waals surface area contributed by atoms with Gasteiger partial charge in [-0.05, 0) is 64.2 Å². The molecule has 0 aliphatic heterocycles. The Balaban J connectivity index is 2.06. The van der Waals surface area contributed by atoms with Crippen LogP contribution in [-0.2, 0) is 10.2 Å². The van der Waals surface area contributed by atoms with Crippen LogP contribution in [0.15, 0.2) is 24.5 Å². The number of nitrogens with one attached hydrogen (secondary N) is 3. The van der Waals surface area contributed by atoms with Crippen molar-refractivity contribution in [1.29, 1.82) is 0 Å². The van der Waals surface area contributed by atoms with Crippen LogP contribution in [0.2, 0.25) is 0 Å². The number of hydrogen-bond donors (Lipinski definition) is 3. The Morgan fingerprint density at radius 3 is 2.43 bits per heavy atom. The van der Waals surface area contributed by atoms with E-state index in [1.165, 1.54) is 5.56 Å². The number of likely N-dealkylation sites (N-methyl/N-ethyl adjacent to an activating group) is 2. The summed E-state index contributed by atoms with van der Waals surface area (Å²) in [6, 6.07) is 6.76. The minimum atomic E-state index is -0.344. The van der Waals surface area contributed by atoms with Crippen molar-refractivity contribution in [2.45, 2.75) is 79.3 Å². The molecule has 0 aliphatic rings. The first-order valence-electron chi connectivity index (χ1n) is 13.1. The molecule has 0 bridgehead atoms. The zero-order valence-electron chi connectivity index (χ0n) is 24.2. The van der Waals surface area contributed by atoms with Crippen molar-refractivity contribution in [3.05, 3.63) is 35.7 Å². The Morgan fingerprint density at radius 2 is 1.84 bits per heavy atom. The maximum Gasteiger partial charge on any atom is 0.233 e. The Morgan fingerprint density at radius 1 is 1.14 bits per heavy atom. The zero-order chi connectivity index (χ0) is 27.5. The van der Waals surface area contributed by atoms with Gasteiger partial charge in [-0.15, -0.1) is 0 Å². The van der Waals surface area contributed by atoms with Gasteiger partial charge in [0.15, 0.2) is 11.5 Å². The standard InChI is InChI=1S/C28H44N8O/c1-11-35(16-28(8,9)31-15-22(37)29-10)26-33-24-23(36(17-30-24)18(2)3)25(34-26)32-21-14-20(27(5,6)7)13-12-19(21)4/h12-14,17-18,31H,11,15-16H2,1-10H3,(H,29,37)(H,32,33,34). The second-order valence-corrected chi connectivity index (χ2v) is 11.6. The van der Waals surface area contributed by atoms with Gasteiger partial charge in [0.2, 0.25) is 11.9 Å². The normalized spacial score (nSPS) is 12.3. The van der Waals surface area contributed by atoms with Crippen LogP contribution in [0.25, 0.3) is 11.2 Å². The van der Waals surface area contributed by atoms with Crippen molar-refractivity contribution < 1.29 is 4.79 Å². The highest BCUT2D eigenvalue weighted by Gasteiger charge is 2.25. The molecule has 3 rings (SSSR count). The van der Waals surface area contributed by atoms with E-state index in [1.807, 2.05) is 6.33 Å². The molecule has 0 saturated heterocycles. The number of fused-ring (bicyclic) bond motifs is 1. The minimum absolute atomic E-state index is 0.0300. The number of aromatic nitrogens is 4. The summed E-state index contributed by atoms with van der Waals surface area (Å²) in [6.07, 6.45) is 1.84. The van der Waals surface area contributed by atoms with Crippen LogP contribution in [-0.4, -0.2) is 57.6 Å².